The molecule has 0 saturated heterocycles. The largest absolute Gasteiger partial charge is 0.495 e. The Morgan fingerprint density at radius 3 is 2.37 bits per heavy atom. The van der Waals surface area contributed by atoms with Crippen LogP contribution < -0.4 is 15.4 Å². The van der Waals surface area contributed by atoms with Gasteiger partial charge in [0.15, 0.2) is 0 Å². The zero-order chi connectivity index (χ0) is 20.0. The van der Waals surface area contributed by atoms with Gasteiger partial charge in [-0.3, -0.25) is 9.59 Å². The minimum Gasteiger partial charge on any atom is -0.495 e. The van der Waals surface area contributed by atoms with Gasteiger partial charge in [0.1, 0.15) is 5.75 Å². The number of halogens is 2. The Morgan fingerprint density at radius 2 is 1.74 bits per heavy atom. The molecule has 0 aromatic heterocycles. The standard InChI is InChI=1S/C20H20Cl2N2O3/c1-12(2)20(26)24-16-6-4-5-15(11-16)23-18(25)8-7-13-9-14(21)10-17(22)19(13)27-3/h4-12H,1-3H3,(H,23,25)(H,24,26). The van der Waals surface area contributed by atoms with Crippen molar-refractivity contribution < 1.29 is 14.3 Å². The summed E-state index contributed by atoms with van der Waals surface area (Å²) in [6.45, 7) is 3.62. The summed E-state index contributed by atoms with van der Waals surface area (Å²) in [6.07, 6.45) is 2.92. The molecule has 0 fully saturated rings. The van der Waals surface area contributed by atoms with E-state index in [0.29, 0.717) is 32.7 Å². The van der Waals surface area contributed by atoms with Gasteiger partial charge in [-0.05, 0) is 36.4 Å². The fourth-order valence-electron chi connectivity index (χ4n) is 2.23. The molecule has 2 aromatic carbocycles. The van der Waals surface area contributed by atoms with Crippen LogP contribution in [-0.2, 0) is 9.59 Å². The number of hydrogen-bond acceptors (Lipinski definition) is 3. The van der Waals surface area contributed by atoms with Gasteiger partial charge in [0.05, 0.1) is 12.1 Å². The topological polar surface area (TPSA) is 67.4 Å². The van der Waals surface area contributed by atoms with Crippen molar-refractivity contribution in [2.75, 3.05) is 17.7 Å². The third kappa shape index (κ3) is 6.01. The van der Waals surface area contributed by atoms with Gasteiger partial charge in [0, 0.05) is 34.0 Å². The molecule has 0 aliphatic rings. The summed E-state index contributed by atoms with van der Waals surface area (Å²) in [5, 5.41) is 6.32. The van der Waals surface area contributed by atoms with Gasteiger partial charge >= 0.3 is 0 Å². The Kier molecular flexibility index (Phi) is 7.28. The van der Waals surface area contributed by atoms with E-state index in [9.17, 15) is 9.59 Å². The quantitative estimate of drug-likeness (QED) is 0.643. The molecule has 0 unspecified atom stereocenters. The molecule has 0 heterocycles. The van der Waals surface area contributed by atoms with Crippen molar-refractivity contribution in [3.8, 4) is 5.75 Å². The first-order valence-corrected chi connectivity index (χ1v) is 8.98. The molecule has 0 atom stereocenters. The second-order valence-electron chi connectivity index (χ2n) is 6.06. The number of methoxy groups -OCH3 is 1. The average Bonchev–Trinajstić information content (AvgIpc) is 2.59. The zero-order valence-corrected chi connectivity index (χ0v) is 16.7. The third-order valence-corrected chi connectivity index (χ3v) is 4.08. The minimum atomic E-state index is -0.347. The number of nitrogens with one attached hydrogen (secondary N) is 2. The first kappa shape index (κ1) is 20.8. The molecule has 142 valence electrons. The number of hydrogen-bond donors (Lipinski definition) is 2. The predicted molar refractivity (Wildman–Crippen MR) is 111 cm³/mol. The van der Waals surface area contributed by atoms with E-state index in [2.05, 4.69) is 10.6 Å². The first-order chi connectivity index (χ1) is 12.8. The van der Waals surface area contributed by atoms with Crippen molar-refractivity contribution in [1.82, 2.24) is 0 Å². The molecule has 7 heteroatoms. The van der Waals surface area contributed by atoms with Crippen LogP contribution >= 0.6 is 23.2 Å². The highest BCUT2D eigenvalue weighted by molar-refractivity contribution is 6.36. The van der Waals surface area contributed by atoms with E-state index >= 15 is 0 Å². The van der Waals surface area contributed by atoms with E-state index < -0.39 is 0 Å². The molecular weight excluding hydrogens is 387 g/mol. The maximum atomic E-state index is 12.2. The molecular formula is C20H20Cl2N2O3. The number of amides is 2. The van der Waals surface area contributed by atoms with Crippen molar-refractivity contribution in [3.05, 3.63) is 58.1 Å². The van der Waals surface area contributed by atoms with Crippen LogP contribution in [0.15, 0.2) is 42.5 Å². The Bertz CT molecular complexity index is 880. The monoisotopic (exact) mass is 406 g/mol. The lowest BCUT2D eigenvalue weighted by atomic mass is 10.2. The molecule has 2 aromatic rings. The average molecular weight is 407 g/mol. The fraction of sp³-hybridized carbons (Fsp3) is 0.200. The molecule has 0 saturated carbocycles. The van der Waals surface area contributed by atoms with Crippen molar-refractivity contribution in [3.63, 3.8) is 0 Å². The van der Waals surface area contributed by atoms with E-state index in [-0.39, 0.29) is 17.7 Å². The molecule has 2 amide bonds. The molecule has 0 spiro atoms. The van der Waals surface area contributed by atoms with Gasteiger partial charge in [-0.1, -0.05) is 43.1 Å². The van der Waals surface area contributed by atoms with E-state index in [1.54, 1.807) is 42.5 Å². The van der Waals surface area contributed by atoms with E-state index in [1.807, 2.05) is 13.8 Å². The summed E-state index contributed by atoms with van der Waals surface area (Å²) < 4.78 is 5.24. The molecule has 5 nitrogen and oxygen atoms in total. The van der Waals surface area contributed by atoms with Gasteiger partial charge in [0.2, 0.25) is 11.8 Å². The summed E-state index contributed by atoms with van der Waals surface area (Å²) in [7, 11) is 1.49. The predicted octanol–water partition coefficient (Wildman–Crippen LogP) is 5.25. The first-order valence-electron chi connectivity index (χ1n) is 8.23. The lowest BCUT2D eigenvalue weighted by molar-refractivity contribution is -0.119. The van der Waals surface area contributed by atoms with E-state index in [1.165, 1.54) is 13.2 Å². The minimum absolute atomic E-state index is 0.0942. The van der Waals surface area contributed by atoms with Crippen molar-refractivity contribution >= 4 is 52.5 Å². The van der Waals surface area contributed by atoms with Crippen LogP contribution in [0.2, 0.25) is 10.0 Å². The zero-order valence-electron chi connectivity index (χ0n) is 15.2. The van der Waals surface area contributed by atoms with Crippen LogP contribution in [0, 0.1) is 5.92 Å². The molecule has 27 heavy (non-hydrogen) atoms. The number of carbonyl (C=O) groups is 2. The van der Waals surface area contributed by atoms with Crippen molar-refractivity contribution in [2.45, 2.75) is 13.8 Å². The third-order valence-electron chi connectivity index (χ3n) is 3.58. The second kappa shape index (κ2) is 9.44. The molecule has 0 aliphatic carbocycles. The molecule has 2 N–H and O–H groups in total. The van der Waals surface area contributed by atoms with E-state index in [4.69, 9.17) is 27.9 Å². The summed E-state index contributed by atoms with van der Waals surface area (Å²) in [6, 6.07) is 10.1. The van der Waals surface area contributed by atoms with Gasteiger partial charge in [-0.15, -0.1) is 0 Å². The lowest BCUT2D eigenvalue weighted by Crippen LogP contribution is -2.17. The summed E-state index contributed by atoms with van der Waals surface area (Å²) in [4.78, 5) is 24.0. The second-order valence-corrected chi connectivity index (χ2v) is 6.90. The molecule has 2 rings (SSSR count). The number of ether oxygens (including phenoxy) is 1. The SMILES string of the molecule is COc1c(Cl)cc(Cl)cc1C=CC(=O)Nc1cccc(NC(=O)C(C)C)c1. The molecule has 0 radical (unpaired) electrons. The lowest BCUT2D eigenvalue weighted by Gasteiger charge is -2.10. The maximum absolute atomic E-state index is 12.2. The van der Waals surface area contributed by atoms with Gasteiger partial charge in [-0.2, -0.15) is 0 Å². The van der Waals surface area contributed by atoms with Crippen LogP contribution in [0.25, 0.3) is 6.08 Å². The van der Waals surface area contributed by atoms with E-state index in [0.717, 1.165) is 0 Å². The normalized spacial score (nSPS) is 10.9. The Balaban J connectivity index is 2.10. The smallest absolute Gasteiger partial charge is 0.248 e. The van der Waals surface area contributed by atoms with Crippen LogP contribution in [0.4, 0.5) is 11.4 Å². The van der Waals surface area contributed by atoms with Crippen LogP contribution in [-0.4, -0.2) is 18.9 Å². The molecule has 0 bridgehead atoms. The highest BCUT2D eigenvalue weighted by atomic mass is 35.5. The fourth-order valence-corrected chi connectivity index (χ4v) is 2.82. The van der Waals surface area contributed by atoms with Crippen LogP contribution in [0.1, 0.15) is 19.4 Å². The highest BCUT2D eigenvalue weighted by Crippen LogP contribution is 2.33. The maximum Gasteiger partial charge on any atom is 0.248 e. The van der Waals surface area contributed by atoms with Crippen molar-refractivity contribution in [1.29, 1.82) is 0 Å². The highest BCUT2D eigenvalue weighted by Gasteiger charge is 2.09. The molecule has 0 aliphatic heterocycles. The number of rotatable bonds is 6. The van der Waals surface area contributed by atoms with Gasteiger partial charge in [-0.25, -0.2) is 0 Å². The Hall–Kier alpha value is -2.50. The Morgan fingerprint density at radius 1 is 1.07 bits per heavy atom. The number of anilines is 2. The summed E-state index contributed by atoms with van der Waals surface area (Å²) in [5.41, 5.74) is 1.75. The Labute approximate surface area is 168 Å². The number of benzene rings is 2. The van der Waals surface area contributed by atoms with Gasteiger partial charge in [0.25, 0.3) is 0 Å². The van der Waals surface area contributed by atoms with Crippen molar-refractivity contribution in [2.24, 2.45) is 5.92 Å². The summed E-state index contributed by atoms with van der Waals surface area (Å²) in [5.74, 6) is -0.141. The summed E-state index contributed by atoms with van der Waals surface area (Å²) >= 11 is 12.1. The van der Waals surface area contributed by atoms with Crippen LogP contribution in [0.5, 0.6) is 5.75 Å². The van der Waals surface area contributed by atoms with Crippen LogP contribution in [0.3, 0.4) is 0 Å². The van der Waals surface area contributed by atoms with Gasteiger partial charge < -0.3 is 15.4 Å². The number of carbonyl (C=O) groups excluding carboxylic acids is 2.